The molecule has 1 spiro atoms. The Bertz CT molecular complexity index is 811. The molecule has 2 saturated heterocycles. The molecular formula is C21H28N4O. The summed E-state index contributed by atoms with van der Waals surface area (Å²) in [5, 5.41) is 0. The number of rotatable bonds is 3. The van der Waals surface area contributed by atoms with E-state index in [0.717, 1.165) is 68.0 Å². The van der Waals surface area contributed by atoms with E-state index in [9.17, 15) is 4.79 Å². The summed E-state index contributed by atoms with van der Waals surface area (Å²) in [5.41, 5.74) is 4.41. The second kappa shape index (κ2) is 6.95. The fourth-order valence-corrected chi connectivity index (χ4v) is 4.47. The molecule has 0 atom stereocenters. The second-order valence-electron chi connectivity index (χ2n) is 7.93. The predicted octanol–water partition coefficient (Wildman–Crippen LogP) is 3.16. The first-order chi connectivity index (χ1) is 12.6. The summed E-state index contributed by atoms with van der Waals surface area (Å²) in [5.74, 6) is 0.336. The Morgan fingerprint density at radius 3 is 2.46 bits per heavy atom. The highest BCUT2D eigenvalue weighted by atomic mass is 16.2. The summed E-state index contributed by atoms with van der Waals surface area (Å²) >= 11 is 0. The Morgan fingerprint density at radius 2 is 1.77 bits per heavy atom. The lowest BCUT2D eigenvalue weighted by Crippen LogP contribution is -2.51. The minimum atomic E-state index is 0.336. The second-order valence-corrected chi connectivity index (χ2v) is 7.93. The molecule has 1 amide bonds. The van der Waals surface area contributed by atoms with Crippen molar-refractivity contribution in [2.45, 2.75) is 46.1 Å². The molecule has 5 heteroatoms. The van der Waals surface area contributed by atoms with Crippen LogP contribution in [-0.2, 0) is 11.3 Å². The van der Waals surface area contributed by atoms with E-state index in [1.54, 1.807) is 0 Å². The summed E-state index contributed by atoms with van der Waals surface area (Å²) in [6, 6.07) is 8.09. The minimum Gasteiger partial charge on any atom is -0.342 e. The van der Waals surface area contributed by atoms with E-state index in [-0.39, 0.29) is 0 Å². The fraction of sp³-hybridized carbons (Fsp3) is 0.571. The van der Waals surface area contributed by atoms with Crippen LogP contribution in [0.1, 0.15) is 44.0 Å². The van der Waals surface area contributed by atoms with Crippen molar-refractivity contribution in [2.75, 3.05) is 26.2 Å². The number of hydrogen-bond donors (Lipinski definition) is 0. The minimum absolute atomic E-state index is 0.336. The number of likely N-dealkylation sites (tertiary alicyclic amines) is 2. The van der Waals surface area contributed by atoms with Gasteiger partial charge in [0, 0.05) is 26.1 Å². The van der Waals surface area contributed by atoms with Crippen molar-refractivity contribution in [1.82, 2.24) is 19.8 Å². The number of carbonyl (C=O) groups is 1. The van der Waals surface area contributed by atoms with Gasteiger partial charge in [-0.2, -0.15) is 0 Å². The van der Waals surface area contributed by atoms with Crippen molar-refractivity contribution in [3.05, 3.63) is 35.7 Å². The molecule has 2 aliphatic heterocycles. The number of piperidine rings is 2. The van der Waals surface area contributed by atoms with Crippen LogP contribution in [0, 0.1) is 12.3 Å². The molecular weight excluding hydrogens is 324 g/mol. The molecule has 1 aromatic heterocycles. The lowest BCUT2D eigenvalue weighted by molar-refractivity contribution is -0.138. The molecule has 3 heterocycles. The first-order valence-corrected chi connectivity index (χ1v) is 9.81. The maximum Gasteiger partial charge on any atom is 0.222 e. The maximum absolute atomic E-state index is 12.0. The third kappa shape index (κ3) is 3.32. The molecule has 4 rings (SSSR count). The van der Waals surface area contributed by atoms with Crippen molar-refractivity contribution in [1.29, 1.82) is 0 Å². The number of aryl methyl sites for hydroxylation is 1. The Balaban J connectivity index is 1.43. The van der Waals surface area contributed by atoms with Gasteiger partial charge in [-0.15, -0.1) is 0 Å². The molecule has 0 bridgehead atoms. The maximum atomic E-state index is 12.0. The van der Waals surface area contributed by atoms with Gasteiger partial charge in [0.05, 0.1) is 22.4 Å². The molecule has 0 unspecified atom stereocenters. The van der Waals surface area contributed by atoms with Crippen LogP contribution >= 0.6 is 0 Å². The van der Waals surface area contributed by atoms with Crippen molar-refractivity contribution in [3.8, 4) is 0 Å². The third-order valence-electron chi connectivity index (χ3n) is 6.26. The Labute approximate surface area is 155 Å². The Morgan fingerprint density at radius 1 is 1.08 bits per heavy atom. The first kappa shape index (κ1) is 17.4. The lowest BCUT2D eigenvalue weighted by Gasteiger charge is -2.47. The van der Waals surface area contributed by atoms with Gasteiger partial charge in [0.15, 0.2) is 0 Å². The molecule has 26 heavy (non-hydrogen) atoms. The van der Waals surface area contributed by atoms with Crippen LogP contribution in [0.3, 0.4) is 0 Å². The Hall–Kier alpha value is -2.01. The average Bonchev–Trinajstić information content (AvgIpc) is 2.66. The molecule has 2 aromatic rings. The summed E-state index contributed by atoms with van der Waals surface area (Å²) in [4.78, 5) is 26.1. The quantitative estimate of drug-likeness (QED) is 0.851. The summed E-state index contributed by atoms with van der Waals surface area (Å²) in [6.07, 6.45) is 4.14. The van der Waals surface area contributed by atoms with E-state index in [1.165, 1.54) is 12.8 Å². The zero-order valence-electron chi connectivity index (χ0n) is 15.9. The number of carbonyl (C=O) groups excluding carboxylic acids is 1. The van der Waals surface area contributed by atoms with Gasteiger partial charge in [-0.25, -0.2) is 9.97 Å². The lowest BCUT2D eigenvalue weighted by atomic mass is 9.72. The molecule has 0 saturated carbocycles. The average molecular weight is 352 g/mol. The molecule has 0 aliphatic carbocycles. The van der Waals surface area contributed by atoms with Crippen LogP contribution < -0.4 is 0 Å². The van der Waals surface area contributed by atoms with Crippen molar-refractivity contribution < 1.29 is 4.79 Å². The Kier molecular flexibility index (Phi) is 4.65. The van der Waals surface area contributed by atoms with E-state index < -0.39 is 0 Å². The molecule has 0 N–H and O–H groups in total. The molecule has 2 fully saturated rings. The highest BCUT2D eigenvalue weighted by Gasteiger charge is 2.40. The highest BCUT2D eigenvalue weighted by molar-refractivity contribution is 5.77. The number of nitrogens with zero attached hydrogens (tertiary/aromatic N) is 4. The van der Waals surface area contributed by atoms with E-state index in [0.29, 0.717) is 11.3 Å². The number of amides is 1. The van der Waals surface area contributed by atoms with Crippen LogP contribution in [-0.4, -0.2) is 51.9 Å². The van der Waals surface area contributed by atoms with Crippen LogP contribution in [0.2, 0.25) is 0 Å². The third-order valence-corrected chi connectivity index (χ3v) is 6.26. The number of benzene rings is 1. The summed E-state index contributed by atoms with van der Waals surface area (Å²) in [7, 11) is 0. The van der Waals surface area contributed by atoms with Gasteiger partial charge in [0.25, 0.3) is 0 Å². The van der Waals surface area contributed by atoms with Gasteiger partial charge in [-0.05, 0) is 63.7 Å². The van der Waals surface area contributed by atoms with Gasteiger partial charge in [-0.3, -0.25) is 9.69 Å². The topological polar surface area (TPSA) is 49.3 Å². The number of aromatic nitrogens is 2. The molecule has 138 valence electrons. The normalized spacial score (nSPS) is 20.8. The van der Waals surface area contributed by atoms with Gasteiger partial charge < -0.3 is 4.90 Å². The largest absolute Gasteiger partial charge is 0.342 e. The zero-order chi connectivity index (χ0) is 18.1. The number of fused-ring (bicyclic) bond motifs is 1. The standard InChI is InChI=1S/C21H28N4O/c1-3-25-15-21(9-8-20(25)26)10-12-24(13-11-21)14-19-16(2)22-17-6-4-5-7-18(17)23-19/h4-7H,3,8-15H2,1-2H3. The smallest absolute Gasteiger partial charge is 0.222 e. The molecule has 5 nitrogen and oxygen atoms in total. The zero-order valence-corrected chi connectivity index (χ0v) is 15.9. The van der Waals surface area contributed by atoms with Crippen LogP contribution in [0.15, 0.2) is 24.3 Å². The highest BCUT2D eigenvalue weighted by Crippen LogP contribution is 2.40. The van der Waals surface area contributed by atoms with Gasteiger partial charge in [0.1, 0.15) is 0 Å². The van der Waals surface area contributed by atoms with Crippen molar-refractivity contribution in [2.24, 2.45) is 5.41 Å². The monoisotopic (exact) mass is 352 g/mol. The van der Waals surface area contributed by atoms with E-state index in [2.05, 4.69) is 23.6 Å². The summed E-state index contributed by atoms with van der Waals surface area (Å²) in [6.45, 7) is 8.98. The number of para-hydroxylation sites is 2. The van der Waals surface area contributed by atoms with Crippen LogP contribution in [0.25, 0.3) is 11.0 Å². The van der Waals surface area contributed by atoms with Crippen LogP contribution in [0.4, 0.5) is 0 Å². The fourth-order valence-electron chi connectivity index (χ4n) is 4.47. The van der Waals surface area contributed by atoms with E-state index in [4.69, 9.17) is 9.97 Å². The van der Waals surface area contributed by atoms with Gasteiger partial charge >= 0.3 is 0 Å². The van der Waals surface area contributed by atoms with Gasteiger partial charge in [-0.1, -0.05) is 12.1 Å². The molecule has 1 aromatic carbocycles. The van der Waals surface area contributed by atoms with E-state index in [1.807, 2.05) is 24.3 Å². The van der Waals surface area contributed by atoms with E-state index >= 15 is 0 Å². The summed E-state index contributed by atoms with van der Waals surface area (Å²) < 4.78 is 0. The molecule has 0 radical (unpaired) electrons. The van der Waals surface area contributed by atoms with Gasteiger partial charge in [0.2, 0.25) is 5.91 Å². The first-order valence-electron chi connectivity index (χ1n) is 9.81. The molecule has 2 aliphatic rings. The van der Waals surface area contributed by atoms with Crippen molar-refractivity contribution >= 4 is 16.9 Å². The van der Waals surface area contributed by atoms with Crippen molar-refractivity contribution in [3.63, 3.8) is 0 Å². The predicted molar refractivity (Wildman–Crippen MR) is 103 cm³/mol. The SMILES string of the molecule is CCN1CC2(CCC1=O)CCN(Cc1nc3ccccc3nc1C)CC2. The van der Waals surface area contributed by atoms with Crippen LogP contribution in [0.5, 0.6) is 0 Å². The number of hydrogen-bond acceptors (Lipinski definition) is 4.